The first-order valence-corrected chi connectivity index (χ1v) is 5.58. The first-order chi connectivity index (χ1) is 6.01. The second-order valence-electron chi connectivity index (χ2n) is 4.33. The highest BCUT2D eigenvalue weighted by molar-refractivity contribution is 7.99. The van der Waals surface area contributed by atoms with E-state index in [9.17, 15) is 0 Å². The minimum absolute atomic E-state index is 0.343. The topological polar surface area (TPSA) is 26.0 Å². The Labute approximate surface area is 84.1 Å². The summed E-state index contributed by atoms with van der Waals surface area (Å²) in [6.07, 6.45) is 0.920. The standard InChI is InChI=1S/C10H17NOS/c1-5-8-6-9(11-12-8)13-7-10(2,3)4/h6H,5,7H2,1-4H3. The van der Waals surface area contributed by atoms with Crippen LogP contribution in [0, 0.1) is 5.41 Å². The van der Waals surface area contributed by atoms with Gasteiger partial charge in [-0.05, 0) is 5.41 Å². The third-order valence-electron chi connectivity index (χ3n) is 1.54. The van der Waals surface area contributed by atoms with Crippen molar-refractivity contribution in [3.8, 4) is 0 Å². The third-order valence-corrected chi connectivity index (χ3v) is 3.04. The Bertz CT molecular complexity index is 262. The SMILES string of the molecule is CCc1cc(SCC(C)(C)C)no1. The van der Waals surface area contributed by atoms with Crippen molar-refractivity contribution < 1.29 is 4.52 Å². The number of thioether (sulfide) groups is 1. The smallest absolute Gasteiger partial charge is 0.140 e. The number of hydrogen-bond donors (Lipinski definition) is 0. The zero-order valence-corrected chi connectivity index (χ0v) is 9.57. The molecule has 1 aromatic rings. The molecule has 0 radical (unpaired) electrons. The molecule has 2 nitrogen and oxygen atoms in total. The molecule has 0 aliphatic heterocycles. The van der Waals surface area contributed by atoms with Gasteiger partial charge in [0, 0.05) is 18.2 Å². The Balaban J connectivity index is 2.46. The van der Waals surface area contributed by atoms with Crippen molar-refractivity contribution in [3.05, 3.63) is 11.8 Å². The monoisotopic (exact) mass is 199 g/mol. The molecule has 74 valence electrons. The average molecular weight is 199 g/mol. The summed E-state index contributed by atoms with van der Waals surface area (Å²) in [7, 11) is 0. The van der Waals surface area contributed by atoms with Crippen LogP contribution in [0.2, 0.25) is 0 Å². The summed E-state index contributed by atoms with van der Waals surface area (Å²) in [6.45, 7) is 8.74. The minimum Gasteiger partial charge on any atom is -0.360 e. The lowest BCUT2D eigenvalue weighted by molar-refractivity contribution is 0.374. The van der Waals surface area contributed by atoms with Crippen LogP contribution in [-0.2, 0) is 6.42 Å². The van der Waals surface area contributed by atoms with E-state index in [0.717, 1.165) is 23.0 Å². The molecule has 0 unspecified atom stereocenters. The van der Waals surface area contributed by atoms with Crippen LogP contribution < -0.4 is 0 Å². The first kappa shape index (κ1) is 10.6. The molecular weight excluding hydrogens is 182 g/mol. The van der Waals surface area contributed by atoms with Gasteiger partial charge in [0.25, 0.3) is 0 Å². The summed E-state index contributed by atoms with van der Waals surface area (Å²) in [4.78, 5) is 0. The van der Waals surface area contributed by atoms with Crippen LogP contribution in [0.1, 0.15) is 33.5 Å². The van der Waals surface area contributed by atoms with E-state index in [-0.39, 0.29) is 0 Å². The molecular formula is C10H17NOS. The van der Waals surface area contributed by atoms with Crippen LogP contribution >= 0.6 is 11.8 Å². The second-order valence-corrected chi connectivity index (χ2v) is 5.33. The van der Waals surface area contributed by atoms with Gasteiger partial charge in [-0.3, -0.25) is 0 Å². The van der Waals surface area contributed by atoms with Gasteiger partial charge in [-0.15, -0.1) is 11.8 Å². The Hall–Kier alpha value is -0.440. The Morgan fingerprint density at radius 3 is 2.62 bits per heavy atom. The van der Waals surface area contributed by atoms with Gasteiger partial charge in [-0.1, -0.05) is 32.9 Å². The molecule has 1 aromatic heterocycles. The van der Waals surface area contributed by atoms with Crippen LogP contribution in [0.3, 0.4) is 0 Å². The molecule has 1 rings (SSSR count). The van der Waals surface area contributed by atoms with E-state index in [1.54, 1.807) is 11.8 Å². The number of aromatic nitrogens is 1. The van der Waals surface area contributed by atoms with E-state index in [1.165, 1.54) is 0 Å². The fourth-order valence-corrected chi connectivity index (χ4v) is 1.70. The van der Waals surface area contributed by atoms with Crippen LogP contribution in [0.4, 0.5) is 0 Å². The molecule has 0 spiro atoms. The van der Waals surface area contributed by atoms with E-state index in [1.807, 2.05) is 6.07 Å². The van der Waals surface area contributed by atoms with Gasteiger partial charge in [-0.2, -0.15) is 0 Å². The van der Waals surface area contributed by atoms with Crippen molar-refractivity contribution >= 4 is 11.8 Å². The van der Waals surface area contributed by atoms with E-state index in [4.69, 9.17) is 4.52 Å². The van der Waals surface area contributed by atoms with Crippen molar-refractivity contribution in [3.63, 3.8) is 0 Å². The molecule has 3 heteroatoms. The van der Waals surface area contributed by atoms with E-state index < -0.39 is 0 Å². The van der Waals surface area contributed by atoms with E-state index >= 15 is 0 Å². The van der Waals surface area contributed by atoms with Crippen LogP contribution in [-0.4, -0.2) is 10.9 Å². The summed E-state index contributed by atoms with van der Waals surface area (Å²) in [5.41, 5.74) is 0.343. The van der Waals surface area contributed by atoms with Crippen molar-refractivity contribution in [1.29, 1.82) is 0 Å². The van der Waals surface area contributed by atoms with Crippen LogP contribution in [0.25, 0.3) is 0 Å². The molecule has 0 saturated heterocycles. The van der Waals surface area contributed by atoms with E-state index in [2.05, 4.69) is 32.9 Å². The minimum atomic E-state index is 0.343. The third kappa shape index (κ3) is 3.85. The van der Waals surface area contributed by atoms with Gasteiger partial charge in [0.1, 0.15) is 10.8 Å². The molecule has 0 fully saturated rings. The normalized spacial score (nSPS) is 12.0. The zero-order valence-electron chi connectivity index (χ0n) is 8.76. The lowest BCUT2D eigenvalue weighted by Crippen LogP contribution is -2.07. The van der Waals surface area contributed by atoms with Crippen LogP contribution in [0.5, 0.6) is 0 Å². The van der Waals surface area contributed by atoms with Gasteiger partial charge in [0.15, 0.2) is 0 Å². The Kier molecular flexibility index (Phi) is 3.42. The Morgan fingerprint density at radius 2 is 2.15 bits per heavy atom. The maximum absolute atomic E-state index is 5.11. The van der Waals surface area contributed by atoms with Crippen molar-refractivity contribution in [2.24, 2.45) is 5.41 Å². The summed E-state index contributed by atoms with van der Waals surface area (Å²) in [5, 5.41) is 4.98. The highest BCUT2D eigenvalue weighted by Crippen LogP contribution is 2.26. The van der Waals surface area contributed by atoms with Gasteiger partial charge in [-0.25, -0.2) is 0 Å². The lowest BCUT2D eigenvalue weighted by Gasteiger charge is -2.15. The number of rotatable bonds is 3. The second kappa shape index (κ2) is 4.18. The molecule has 0 N–H and O–H groups in total. The van der Waals surface area contributed by atoms with Crippen molar-refractivity contribution in [1.82, 2.24) is 5.16 Å². The molecule has 0 aromatic carbocycles. The van der Waals surface area contributed by atoms with Crippen molar-refractivity contribution in [2.75, 3.05) is 5.75 Å². The van der Waals surface area contributed by atoms with Gasteiger partial charge < -0.3 is 4.52 Å². The molecule has 0 bridgehead atoms. The maximum Gasteiger partial charge on any atom is 0.140 e. The first-order valence-electron chi connectivity index (χ1n) is 4.59. The van der Waals surface area contributed by atoms with E-state index in [0.29, 0.717) is 5.41 Å². The summed E-state index contributed by atoms with van der Waals surface area (Å²) in [6, 6.07) is 2.02. The molecule has 0 saturated carbocycles. The lowest BCUT2D eigenvalue weighted by atomic mass is 10.0. The van der Waals surface area contributed by atoms with Gasteiger partial charge in [0.05, 0.1) is 0 Å². The number of nitrogens with zero attached hydrogens (tertiary/aromatic N) is 1. The maximum atomic E-state index is 5.11. The molecule has 0 atom stereocenters. The zero-order chi connectivity index (χ0) is 9.90. The highest BCUT2D eigenvalue weighted by atomic mass is 32.2. The number of aryl methyl sites for hydroxylation is 1. The van der Waals surface area contributed by atoms with Gasteiger partial charge in [0.2, 0.25) is 0 Å². The summed E-state index contributed by atoms with van der Waals surface area (Å²) < 4.78 is 5.11. The largest absolute Gasteiger partial charge is 0.360 e. The average Bonchev–Trinajstić information content (AvgIpc) is 2.47. The molecule has 0 amide bonds. The number of hydrogen-bond acceptors (Lipinski definition) is 3. The van der Waals surface area contributed by atoms with Crippen LogP contribution in [0.15, 0.2) is 15.6 Å². The fourth-order valence-electron chi connectivity index (χ4n) is 0.819. The summed E-state index contributed by atoms with van der Waals surface area (Å²) in [5.74, 6) is 2.04. The van der Waals surface area contributed by atoms with Crippen molar-refractivity contribution in [2.45, 2.75) is 39.1 Å². The fraction of sp³-hybridized carbons (Fsp3) is 0.700. The predicted molar refractivity (Wildman–Crippen MR) is 56.1 cm³/mol. The molecule has 0 aliphatic carbocycles. The molecule has 0 aliphatic rings. The van der Waals surface area contributed by atoms with Gasteiger partial charge >= 0.3 is 0 Å². The quantitative estimate of drug-likeness (QED) is 0.698. The summed E-state index contributed by atoms with van der Waals surface area (Å²) >= 11 is 1.76. The molecule has 1 heterocycles. The highest BCUT2D eigenvalue weighted by Gasteiger charge is 2.12. The molecule has 13 heavy (non-hydrogen) atoms. The predicted octanol–water partition coefficient (Wildman–Crippen LogP) is 3.38. The Morgan fingerprint density at radius 1 is 1.46 bits per heavy atom.